The van der Waals surface area contributed by atoms with Crippen molar-refractivity contribution in [2.75, 3.05) is 0 Å². The highest BCUT2D eigenvalue weighted by molar-refractivity contribution is 6.00. The number of benzene rings is 1. The van der Waals surface area contributed by atoms with Crippen molar-refractivity contribution in [2.24, 2.45) is 5.41 Å². The van der Waals surface area contributed by atoms with Crippen LogP contribution in [-0.2, 0) is 11.2 Å². The van der Waals surface area contributed by atoms with Crippen LogP contribution in [0.1, 0.15) is 36.3 Å². The molecule has 0 radical (unpaired) electrons. The van der Waals surface area contributed by atoms with Gasteiger partial charge in [0.2, 0.25) is 5.91 Å². The predicted octanol–water partition coefficient (Wildman–Crippen LogP) is 2.32. The molecule has 1 fully saturated rings. The summed E-state index contributed by atoms with van der Waals surface area (Å²) in [4.78, 5) is 26.4. The summed E-state index contributed by atoms with van der Waals surface area (Å²) >= 11 is 0. The second-order valence-electron chi connectivity index (χ2n) is 6.32. The maximum absolute atomic E-state index is 12.1. The van der Waals surface area contributed by atoms with E-state index in [4.69, 9.17) is 0 Å². The van der Waals surface area contributed by atoms with Crippen LogP contribution in [0.4, 0.5) is 0 Å². The molecule has 0 aliphatic heterocycles. The topological polar surface area (TPSA) is 82.2 Å². The quantitative estimate of drug-likeness (QED) is 0.806. The van der Waals surface area contributed by atoms with E-state index in [-0.39, 0.29) is 29.5 Å². The first-order valence-electron chi connectivity index (χ1n) is 7.01. The first-order chi connectivity index (χ1) is 9.88. The smallest absolute Gasteiger partial charge is 0.352 e. The van der Waals surface area contributed by atoms with Crippen molar-refractivity contribution in [3.05, 3.63) is 35.5 Å². The maximum atomic E-state index is 12.1. The summed E-state index contributed by atoms with van der Waals surface area (Å²) in [6, 6.07) is 7.52. The SMILES string of the molecule is CC1(C)C[C@@H]1NC(=O)Cc1c(C(=O)O)[nH]c2ccccc12. The van der Waals surface area contributed by atoms with Gasteiger partial charge in [-0.25, -0.2) is 4.79 Å². The number of hydrogen-bond acceptors (Lipinski definition) is 2. The number of fused-ring (bicyclic) bond motifs is 1. The van der Waals surface area contributed by atoms with Gasteiger partial charge in [0.15, 0.2) is 0 Å². The number of rotatable bonds is 4. The minimum Gasteiger partial charge on any atom is -0.477 e. The van der Waals surface area contributed by atoms with E-state index in [0.29, 0.717) is 5.56 Å². The number of aromatic amines is 1. The Morgan fingerprint density at radius 1 is 1.38 bits per heavy atom. The molecule has 110 valence electrons. The third kappa shape index (κ3) is 2.51. The molecular formula is C16H18N2O3. The summed E-state index contributed by atoms with van der Waals surface area (Å²) in [5, 5.41) is 13.1. The Morgan fingerprint density at radius 3 is 2.67 bits per heavy atom. The standard InChI is InChI=1S/C16H18N2O3/c1-16(2)8-12(16)18-13(19)7-10-9-5-3-4-6-11(9)17-14(10)15(20)21/h3-6,12,17H,7-8H2,1-2H3,(H,18,19)(H,20,21)/t12-/m0/s1. The van der Waals surface area contributed by atoms with Crippen molar-refractivity contribution < 1.29 is 14.7 Å². The van der Waals surface area contributed by atoms with Gasteiger partial charge in [0.25, 0.3) is 0 Å². The average molecular weight is 286 g/mol. The molecule has 1 aromatic carbocycles. The highest BCUT2D eigenvalue weighted by Gasteiger charge is 2.46. The normalized spacial score (nSPS) is 19.4. The fourth-order valence-corrected chi connectivity index (χ4v) is 2.69. The number of nitrogens with one attached hydrogen (secondary N) is 2. The van der Waals surface area contributed by atoms with Crippen molar-refractivity contribution >= 4 is 22.8 Å². The summed E-state index contributed by atoms with van der Waals surface area (Å²) in [7, 11) is 0. The Labute approximate surface area is 122 Å². The van der Waals surface area contributed by atoms with E-state index in [1.807, 2.05) is 24.3 Å². The zero-order chi connectivity index (χ0) is 15.2. The molecular weight excluding hydrogens is 268 g/mol. The number of carbonyl (C=O) groups is 2. The molecule has 1 aromatic heterocycles. The second kappa shape index (κ2) is 4.62. The van der Waals surface area contributed by atoms with Crippen LogP contribution in [0.2, 0.25) is 0 Å². The van der Waals surface area contributed by atoms with Crippen LogP contribution in [0.3, 0.4) is 0 Å². The molecule has 0 saturated heterocycles. The average Bonchev–Trinajstić information content (AvgIpc) is 2.84. The van der Waals surface area contributed by atoms with Crippen LogP contribution < -0.4 is 5.32 Å². The molecule has 1 saturated carbocycles. The highest BCUT2D eigenvalue weighted by Crippen LogP contribution is 2.44. The van der Waals surface area contributed by atoms with Crippen LogP contribution in [0.5, 0.6) is 0 Å². The first-order valence-corrected chi connectivity index (χ1v) is 7.01. The second-order valence-corrected chi connectivity index (χ2v) is 6.32. The third-order valence-electron chi connectivity index (χ3n) is 4.21. The minimum absolute atomic E-state index is 0.0816. The Hall–Kier alpha value is -2.30. The van der Waals surface area contributed by atoms with Crippen molar-refractivity contribution in [2.45, 2.75) is 32.7 Å². The monoisotopic (exact) mass is 286 g/mol. The molecule has 21 heavy (non-hydrogen) atoms. The fourth-order valence-electron chi connectivity index (χ4n) is 2.69. The van der Waals surface area contributed by atoms with Gasteiger partial charge in [-0.1, -0.05) is 32.0 Å². The van der Waals surface area contributed by atoms with Crippen molar-refractivity contribution in [3.8, 4) is 0 Å². The van der Waals surface area contributed by atoms with Crippen LogP contribution in [-0.4, -0.2) is 28.0 Å². The first kappa shape index (κ1) is 13.7. The number of carbonyl (C=O) groups excluding carboxylic acids is 1. The molecule has 1 heterocycles. The molecule has 3 rings (SSSR count). The van der Waals surface area contributed by atoms with Gasteiger partial charge in [0, 0.05) is 22.5 Å². The summed E-state index contributed by atoms with van der Waals surface area (Å²) < 4.78 is 0. The zero-order valence-electron chi connectivity index (χ0n) is 12.1. The van der Waals surface area contributed by atoms with Crippen LogP contribution in [0, 0.1) is 5.41 Å². The Bertz CT molecular complexity index is 730. The lowest BCUT2D eigenvalue weighted by Crippen LogP contribution is -2.30. The van der Waals surface area contributed by atoms with Crippen molar-refractivity contribution in [1.29, 1.82) is 0 Å². The van der Waals surface area contributed by atoms with Gasteiger partial charge in [-0.05, 0) is 17.9 Å². The third-order valence-corrected chi connectivity index (χ3v) is 4.21. The number of H-pyrrole nitrogens is 1. The molecule has 0 bridgehead atoms. The number of carboxylic acid groups (broad SMARTS) is 1. The van der Waals surface area contributed by atoms with Gasteiger partial charge in [0.05, 0.1) is 6.42 Å². The van der Waals surface area contributed by atoms with E-state index in [9.17, 15) is 14.7 Å². The molecule has 3 N–H and O–H groups in total. The van der Waals surface area contributed by atoms with E-state index < -0.39 is 5.97 Å². The Morgan fingerprint density at radius 2 is 2.05 bits per heavy atom. The number of carboxylic acids is 1. The molecule has 0 unspecified atom stereocenters. The highest BCUT2D eigenvalue weighted by atomic mass is 16.4. The van der Waals surface area contributed by atoms with E-state index in [2.05, 4.69) is 24.1 Å². The Kier molecular flexibility index (Phi) is 3.01. The fraction of sp³-hybridized carbons (Fsp3) is 0.375. The van der Waals surface area contributed by atoms with Gasteiger partial charge in [-0.3, -0.25) is 4.79 Å². The number of aromatic carboxylic acids is 1. The van der Waals surface area contributed by atoms with E-state index in [1.54, 1.807) is 0 Å². The van der Waals surface area contributed by atoms with E-state index in [1.165, 1.54) is 0 Å². The van der Waals surface area contributed by atoms with Crippen molar-refractivity contribution in [1.82, 2.24) is 10.3 Å². The molecule has 1 amide bonds. The molecule has 1 aliphatic rings. The lowest BCUT2D eigenvalue weighted by atomic mass is 10.1. The zero-order valence-corrected chi connectivity index (χ0v) is 12.1. The molecule has 0 spiro atoms. The van der Waals surface area contributed by atoms with Gasteiger partial charge < -0.3 is 15.4 Å². The molecule has 2 aromatic rings. The van der Waals surface area contributed by atoms with Crippen molar-refractivity contribution in [3.63, 3.8) is 0 Å². The predicted molar refractivity (Wildman–Crippen MR) is 79.3 cm³/mol. The molecule has 1 atom stereocenters. The molecule has 1 aliphatic carbocycles. The maximum Gasteiger partial charge on any atom is 0.352 e. The number of hydrogen-bond donors (Lipinski definition) is 3. The number of aromatic nitrogens is 1. The van der Waals surface area contributed by atoms with Gasteiger partial charge in [0.1, 0.15) is 5.69 Å². The van der Waals surface area contributed by atoms with E-state index in [0.717, 1.165) is 17.3 Å². The number of para-hydroxylation sites is 1. The lowest BCUT2D eigenvalue weighted by molar-refractivity contribution is -0.120. The van der Waals surface area contributed by atoms with Gasteiger partial charge in [-0.2, -0.15) is 0 Å². The van der Waals surface area contributed by atoms with Gasteiger partial charge >= 0.3 is 5.97 Å². The molecule has 5 nitrogen and oxygen atoms in total. The van der Waals surface area contributed by atoms with Crippen LogP contribution in [0.15, 0.2) is 24.3 Å². The Balaban J connectivity index is 1.87. The summed E-state index contributed by atoms with van der Waals surface area (Å²) in [5.74, 6) is -1.17. The summed E-state index contributed by atoms with van der Waals surface area (Å²) in [5.41, 5.74) is 1.55. The van der Waals surface area contributed by atoms with Crippen LogP contribution >= 0.6 is 0 Å². The van der Waals surface area contributed by atoms with E-state index >= 15 is 0 Å². The number of amides is 1. The van der Waals surface area contributed by atoms with Crippen LogP contribution in [0.25, 0.3) is 10.9 Å². The van der Waals surface area contributed by atoms with Gasteiger partial charge in [-0.15, -0.1) is 0 Å². The largest absolute Gasteiger partial charge is 0.477 e. The summed E-state index contributed by atoms with van der Waals surface area (Å²) in [6.45, 7) is 4.21. The molecule has 5 heteroatoms. The minimum atomic E-state index is -1.04. The summed E-state index contributed by atoms with van der Waals surface area (Å²) in [6.07, 6.45) is 1.05. The lowest BCUT2D eigenvalue weighted by Gasteiger charge is -2.07.